The lowest BCUT2D eigenvalue weighted by molar-refractivity contribution is 0.607. The summed E-state index contributed by atoms with van der Waals surface area (Å²) < 4.78 is 15.5. The summed E-state index contributed by atoms with van der Waals surface area (Å²) in [6.45, 7) is 4.30. The molecule has 6 nitrogen and oxygen atoms in total. The molecule has 3 rings (SSSR count). The van der Waals surface area contributed by atoms with Crippen LogP contribution in [-0.2, 0) is 6.54 Å². The van der Waals surface area contributed by atoms with Gasteiger partial charge in [-0.1, -0.05) is 12.1 Å². The lowest BCUT2D eigenvalue weighted by atomic mass is 10.1. The number of nitrogens with zero attached hydrogens (tertiary/aromatic N) is 4. The topological polar surface area (TPSA) is 67.1 Å². The van der Waals surface area contributed by atoms with E-state index in [1.54, 1.807) is 43.2 Å². The second-order valence-electron chi connectivity index (χ2n) is 6.27. The van der Waals surface area contributed by atoms with Crippen LogP contribution in [0.2, 0.25) is 0 Å². The van der Waals surface area contributed by atoms with E-state index in [-0.39, 0.29) is 11.9 Å². The molecule has 2 heterocycles. The first-order valence-corrected chi connectivity index (χ1v) is 8.75. The molecule has 2 aromatic heterocycles. The van der Waals surface area contributed by atoms with E-state index in [9.17, 15) is 4.39 Å². The molecule has 0 saturated carbocycles. The fraction of sp³-hybridized carbons (Fsp3) is 0.250. The Kier molecular flexibility index (Phi) is 5.80. The summed E-state index contributed by atoms with van der Waals surface area (Å²) in [5.74, 6) is 1.19. The van der Waals surface area contributed by atoms with E-state index in [0.29, 0.717) is 18.1 Å². The maximum absolute atomic E-state index is 13.8. The van der Waals surface area contributed by atoms with Crippen molar-refractivity contribution in [2.45, 2.75) is 26.4 Å². The molecule has 140 valence electrons. The molecule has 7 heteroatoms. The van der Waals surface area contributed by atoms with E-state index in [1.165, 1.54) is 0 Å². The Labute approximate surface area is 158 Å². The summed E-state index contributed by atoms with van der Waals surface area (Å²) in [5, 5.41) is 10.7. The lowest BCUT2D eigenvalue weighted by Gasteiger charge is -2.19. The molecule has 2 N–H and O–H groups in total. The summed E-state index contributed by atoms with van der Waals surface area (Å²) >= 11 is 0. The van der Waals surface area contributed by atoms with Crippen LogP contribution in [0.4, 0.5) is 4.39 Å². The minimum absolute atomic E-state index is 0.0802. The Balaban J connectivity index is 1.62. The van der Waals surface area contributed by atoms with Gasteiger partial charge in [-0.3, -0.25) is 4.99 Å². The number of benzene rings is 1. The molecule has 1 aromatic carbocycles. The van der Waals surface area contributed by atoms with E-state index in [1.807, 2.05) is 37.4 Å². The van der Waals surface area contributed by atoms with E-state index < -0.39 is 0 Å². The van der Waals surface area contributed by atoms with Crippen LogP contribution in [0.3, 0.4) is 0 Å². The van der Waals surface area contributed by atoms with Crippen molar-refractivity contribution in [2.24, 2.45) is 4.99 Å². The van der Waals surface area contributed by atoms with Gasteiger partial charge in [0.15, 0.2) is 11.8 Å². The zero-order valence-corrected chi connectivity index (χ0v) is 15.6. The second-order valence-corrected chi connectivity index (χ2v) is 6.27. The van der Waals surface area contributed by atoms with Crippen molar-refractivity contribution in [2.75, 3.05) is 7.05 Å². The number of hydrogen-bond acceptors (Lipinski definition) is 3. The summed E-state index contributed by atoms with van der Waals surface area (Å²) in [6, 6.07) is 10.9. The molecule has 1 atom stereocenters. The largest absolute Gasteiger partial charge is 0.352 e. The SMILES string of the molecule is CN=C(NCc1ccnc(-n2cccn2)c1)NC(C)c1ccc(C)c(F)c1. The summed E-state index contributed by atoms with van der Waals surface area (Å²) in [6.07, 6.45) is 5.32. The molecule has 0 amide bonds. The summed E-state index contributed by atoms with van der Waals surface area (Å²) in [4.78, 5) is 8.57. The monoisotopic (exact) mass is 366 g/mol. The van der Waals surface area contributed by atoms with Crippen molar-refractivity contribution in [3.63, 3.8) is 0 Å². The van der Waals surface area contributed by atoms with Crippen LogP contribution in [0.5, 0.6) is 0 Å². The van der Waals surface area contributed by atoms with Gasteiger partial charge in [0.1, 0.15) is 5.82 Å². The number of hydrogen-bond donors (Lipinski definition) is 2. The average molecular weight is 366 g/mol. The zero-order chi connectivity index (χ0) is 19.2. The van der Waals surface area contributed by atoms with Gasteiger partial charge in [0.25, 0.3) is 0 Å². The van der Waals surface area contributed by atoms with E-state index >= 15 is 0 Å². The van der Waals surface area contributed by atoms with Gasteiger partial charge >= 0.3 is 0 Å². The zero-order valence-electron chi connectivity index (χ0n) is 15.6. The highest BCUT2D eigenvalue weighted by Gasteiger charge is 2.10. The number of rotatable bonds is 5. The van der Waals surface area contributed by atoms with Crippen LogP contribution in [0.15, 0.2) is 60.0 Å². The molecule has 0 spiro atoms. The van der Waals surface area contributed by atoms with Gasteiger partial charge in [0.2, 0.25) is 0 Å². The number of nitrogens with one attached hydrogen (secondary N) is 2. The lowest BCUT2D eigenvalue weighted by Crippen LogP contribution is -2.38. The smallest absolute Gasteiger partial charge is 0.191 e. The van der Waals surface area contributed by atoms with Crippen LogP contribution in [0, 0.1) is 12.7 Å². The van der Waals surface area contributed by atoms with Gasteiger partial charge in [0, 0.05) is 32.2 Å². The quantitative estimate of drug-likeness (QED) is 0.538. The van der Waals surface area contributed by atoms with Gasteiger partial charge in [-0.2, -0.15) is 5.10 Å². The number of guanidine groups is 1. The van der Waals surface area contributed by atoms with Gasteiger partial charge in [-0.05, 0) is 54.8 Å². The molecule has 1 unspecified atom stereocenters. The van der Waals surface area contributed by atoms with Crippen molar-refractivity contribution in [1.29, 1.82) is 0 Å². The third kappa shape index (κ3) is 4.69. The van der Waals surface area contributed by atoms with E-state index in [4.69, 9.17) is 0 Å². The van der Waals surface area contributed by atoms with Crippen molar-refractivity contribution < 1.29 is 4.39 Å². The molecule has 3 aromatic rings. The fourth-order valence-corrected chi connectivity index (χ4v) is 2.65. The highest BCUT2D eigenvalue weighted by atomic mass is 19.1. The highest BCUT2D eigenvalue weighted by Crippen LogP contribution is 2.16. The third-order valence-corrected chi connectivity index (χ3v) is 4.28. The maximum atomic E-state index is 13.8. The minimum Gasteiger partial charge on any atom is -0.352 e. The number of pyridine rings is 1. The standard InChI is InChI=1S/C20H23FN6/c1-14-5-6-17(12-18(14)21)15(2)26-20(22-3)24-13-16-7-9-23-19(11-16)27-10-4-8-25-27/h4-12,15H,13H2,1-3H3,(H2,22,24,26). The minimum atomic E-state index is -0.202. The molecule has 0 saturated heterocycles. The molecular formula is C20H23FN6. The number of halogens is 1. The molecule has 27 heavy (non-hydrogen) atoms. The molecular weight excluding hydrogens is 343 g/mol. The first kappa shape index (κ1) is 18.6. The van der Waals surface area contributed by atoms with Crippen molar-refractivity contribution >= 4 is 5.96 Å². The normalized spacial score (nSPS) is 12.7. The highest BCUT2D eigenvalue weighted by molar-refractivity contribution is 5.80. The predicted molar refractivity (Wildman–Crippen MR) is 104 cm³/mol. The van der Waals surface area contributed by atoms with Gasteiger partial charge in [-0.15, -0.1) is 0 Å². The van der Waals surface area contributed by atoms with E-state index in [2.05, 4.69) is 25.7 Å². The first-order valence-electron chi connectivity index (χ1n) is 8.75. The first-order chi connectivity index (χ1) is 13.1. The molecule has 0 bridgehead atoms. The number of aliphatic imine (C=N–C) groups is 1. The van der Waals surface area contributed by atoms with Gasteiger partial charge in [-0.25, -0.2) is 14.1 Å². The average Bonchev–Trinajstić information content (AvgIpc) is 3.22. The number of aryl methyl sites for hydroxylation is 1. The van der Waals surface area contributed by atoms with Crippen LogP contribution >= 0.6 is 0 Å². The number of aromatic nitrogens is 3. The molecule has 0 aliphatic rings. The van der Waals surface area contributed by atoms with Crippen LogP contribution in [-0.4, -0.2) is 27.8 Å². The molecule has 0 aliphatic heterocycles. The Morgan fingerprint density at radius 3 is 2.81 bits per heavy atom. The fourth-order valence-electron chi connectivity index (χ4n) is 2.65. The van der Waals surface area contributed by atoms with Crippen molar-refractivity contribution in [3.8, 4) is 5.82 Å². The Morgan fingerprint density at radius 1 is 1.26 bits per heavy atom. The Bertz CT molecular complexity index is 920. The maximum Gasteiger partial charge on any atom is 0.191 e. The summed E-state index contributed by atoms with van der Waals surface area (Å²) in [7, 11) is 1.71. The van der Waals surface area contributed by atoms with Gasteiger partial charge in [0.05, 0.1) is 6.04 Å². The third-order valence-electron chi connectivity index (χ3n) is 4.28. The van der Waals surface area contributed by atoms with Crippen LogP contribution < -0.4 is 10.6 Å². The Hall–Kier alpha value is -3.22. The molecule has 0 radical (unpaired) electrons. The van der Waals surface area contributed by atoms with Crippen LogP contribution in [0.25, 0.3) is 5.82 Å². The van der Waals surface area contributed by atoms with Gasteiger partial charge < -0.3 is 10.6 Å². The van der Waals surface area contributed by atoms with Crippen LogP contribution in [0.1, 0.15) is 29.7 Å². The Morgan fingerprint density at radius 2 is 2.11 bits per heavy atom. The molecule has 0 aliphatic carbocycles. The van der Waals surface area contributed by atoms with Crippen molar-refractivity contribution in [3.05, 3.63) is 77.5 Å². The predicted octanol–water partition coefficient (Wildman–Crippen LogP) is 3.14. The molecule has 0 fully saturated rings. The second kappa shape index (κ2) is 8.44. The summed E-state index contributed by atoms with van der Waals surface area (Å²) in [5.41, 5.74) is 2.55. The van der Waals surface area contributed by atoms with Crippen molar-refractivity contribution in [1.82, 2.24) is 25.4 Å². The van der Waals surface area contributed by atoms with E-state index in [0.717, 1.165) is 16.9 Å².